The fourth-order valence-electron chi connectivity index (χ4n) is 0.168. The lowest BCUT2D eigenvalue weighted by Crippen LogP contribution is -1.53. The van der Waals surface area contributed by atoms with Gasteiger partial charge in [0.25, 0.3) is 0 Å². The first-order valence-corrected chi connectivity index (χ1v) is 2.17. The largest absolute Gasteiger partial charge is 0.239 e. The van der Waals surface area contributed by atoms with Crippen molar-refractivity contribution < 1.29 is 0 Å². The maximum absolute atomic E-state index is 3.59. The van der Waals surface area contributed by atoms with E-state index >= 15 is 0 Å². The molecule has 0 saturated carbocycles. The first-order chi connectivity index (χ1) is 3.27. The van der Waals surface area contributed by atoms with Crippen LogP contribution < -0.4 is 0 Å². The van der Waals surface area contributed by atoms with Crippen molar-refractivity contribution in [2.45, 2.75) is 13.8 Å². The van der Waals surface area contributed by atoms with Crippen molar-refractivity contribution in [2.75, 3.05) is 7.05 Å². The first-order valence-electron chi connectivity index (χ1n) is 2.17. The monoisotopic (exact) mass is 95.1 g/mol. The third-order valence-corrected chi connectivity index (χ3v) is 0.418. The van der Waals surface area contributed by atoms with Crippen LogP contribution in [-0.4, -0.2) is 12.9 Å². The predicted octanol–water partition coefficient (Wildman–Crippen LogP) is 1.41. The second-order valence-corrected chi connectivity index (χ2v) is 1.46. The number of allylic oxidation sites excluding steroid dienone is 1. The van der Waals surface area contributed by atoms with Crippen molar-refractivity contribution in [1.29, 1.82) is 0 Å². The van der Waals surface area contributed by atoms with Crippen molar-refractivity contribution >= 4 is 5.87 Å². The molecule has 0 aliphatic heterocycles. The van der Waals surface area contributed by atoms with Gasteiger partial charge in [-0.1, -0.05) is 5.73 Å². The molecular weight excluding hydrogens is 86.1 g/mol. The molecule has 0 N–H and O–H groups in total. The molecule has 1 nitrogen and oxygen atoms in total. The molecule has 0 heterocycles. The van der Waals surface area contributed by atoms with Crippen molar-refractivity contribution in [3.8, 4) is 0 Å². The Labute approximate surface area is 44.1 Å². The molecule has 0 aliphatic carbocycles. The molecule has 7 heavy (non-hydrogen) atoms. The Morgan fingerprint density at radius 1 is 1.43 bits per heavy atom. The van der Waals surface area contributed by atoms with Crippen molar-refractivity contribution in [3.63, 3.8) is 0 Å². The summed E-state index contributed by atoms with van der Waals surface area (Å²) in [6.07, 6.45) is 0. The van der Waals surface area contributed by atoms with Crippen LogP contribution in [0.3, 0.4) is 0 Å². The Balaban J connectivity index is 4.16. The minimum absolute atomic E-state index is 1.10. The second-order valence-electron chi connectivity index (χ2n) is 1.46. The Kier molecular flexibility index (Phi) is 3.04. The highest BCUT2D eigenvalue weighted by molar-refractivity contribution is 5.50. The zero-order chi connectivity index (χ0) is 5.70. The van der Waals surface area contributed by atoms with Crippen molar-refractivity contribution in [2.24, 2.45) is 4.99 Å². The summed E-state index contributed by atoms with van der Waals surface area (Å²) < 4.78 is 0. The summed E-state index contributed by atoms with van der Waals surface area (Å²) in [5, 5.41) is 0. The summed E-state index contributed by atoms with van der Waals surface area (Å²) in [7, 11) is 1.68. The van der Waals surface area contributed by atoms with Gasteiger partial charge in [-0.2, -0.15) is 0 Å². The number of nitrogens with zero attached hydrogens (tertiary/aromatic N) is 1. The number of aliphatic imine (C=N–C) groups is 1. The number of hydrogen-bond donors (Lipinski definition) is 0. The number of rotatable bonds is 0. The van der Waals surface area contributed by atoms with Gasteiger partial charge in [0.2, 0.25) is 0 Å². The van der Waals surface area contributed by atoms with E-state index in [1.165, 1.54) is 0 Å². The zero-order valence-corrected chi connectivity index (χ0v) is 4.95. The van der Waals surface area contributed by atoms with Crippen LogP contribution >= 0.6 is 0 Å². The summed E-state index contributed by atoms with van der Waals surface area (Å²) >= 11 is 0. The van der Waals surface area contributed by atoms with Crippen molar-refractivity contribution in [3.05, 3.63) is 11.3 Å². The third kappa shape index (κ3) is 5.23. The molecule has 0 unspecified atom stereocenters. The molecular formula is C6H9N. The Hall–Kier alpha value is -0.770. The van der Waals surface area contributed by atoms with Gasteiger partial charge in [-0.3, -0.25) is 0 Å². The van der Waals surface area contributed by atoms with Gasteiger partial charge in [-0.15, -0.1) is 0 Å². The fourth-order valence-corrected chi connectivity index (χ4v) is 0.168. The highest BCUT2D eigenvalue weighted by Gasteiger charge is 1.61. The molecule has 0 rings (SSSR count). The smallest absolute Gasteiger partial charge is 0.0379 e. The molecule has 0 aromatic heterocycles. The summed E-state index contributed by atoms with van der Waals surface area (Å²) in [6.45, 7) is 3.91. The highest BCUT2D eigenvalue weighted by Crippen LogP contribution is 1.77. The van der Waals surface area contributed by atoms with Gasteiger partial charge in [0, 0.05) is 12.9 Å². The minimum Gasteiger partial charge on any atom is -0.239 e. The molecule has 0 radical (unpaired) electrons. The van der Waals surface area contributed by atoms with E-state index in [9.17, 15) is 0 Å². The van der Waals surface area contributed by atoms with Crippen LogP contribution in [0, 0.1) is 0 Å². The van der Waals surface area contributed by atoms with Crippen LogP contribution in [0.4, 0.5) is 0 Å². The molecule has 0 aromatic carbocycles. The molecule has 0 atom stereocenters. The van der Waals surface area contributed by atoms with Gasteiger partial charge in [0.05, 0.1) is 0 Å². The molecule has 38 valence electrons. The van der Waals surface area contributed by atoms with Crippen LogP contribution in [0.15, 0.2) is 16.3 Å². The van der Waals surface area contributed by atoms with Crippen molar-refractivity contribution in [1.82, 2.24) is 0 Å². The molecule has 0 saturated heterocycles. The topological polar surface area (TPSA) is 12.4 Å². The molecule has 0 spiro atoms. The van der Waals surface area contributed by atoms with Crippen LogP contribution in [-0.2, 0) is 0 Å². The first kappa shape index (κ1) is 6.23. The Bertz CT molecular complexity index is 128. The fraction of sp³-hybridized carbons (Fsp3) is 0.500. The average Bonchev–Trinajstić information content (AvgIpc) is 1.61. The second kappa shape index (κ2) is 3.42. The molecule has 0 aliphatic rings. The van der Waals surface area contributed by atoms with Gasteiger partial charge in [-0.05, 0) is 19.4 Å². The lowest BCUT2D eigenvalue weighted by atomic mass is 10.4. The van der Waals surface area contributed by atoms with E-state index in [2.05, 4.69) is 16.6 Å². The van der Waals surface area contributed by atoms with Gasteiger partial charge in [-0.25, -0.2) is 4.99 Å². The van der Waals surface area contributed by atoms with E-state index < -0.39 is 0 Å². The quantitative estimate of drug-likeness (QED) is 0.318. The normalized spacial score (nSPS) is 6.14. The highest BCUT2D eigenvalue weighted by atomic mass is 14.6. The van der Waals surface area contributed by atoms with Crippen LogP contribution in [0.25, 0.3) is 0 Å². The third-order valence-electron chi connectivity index (χ3n) is 0.418. The summed E-state index contributed by atoms with van der Waals surface area (Å²) in [5.74, 6) is 2.59. The maximum atomic E-state index is 3.59. The Morgan fingerprint density at radius 3 is 2.14 bits per heavy atom. The SMILES string of the molecule is CN=C=C=C(C)C. The van der Waals surface area contributed by atoms with Gasteiger partial charge < -0.3 is 0 Å². The van der Waals surface area contributed by atoms with E-state index in [4.69, 9.17) is 0 Å². The molecule has 0 amide bonds. The lowest BCUT2D eigenvalue weighted by Gasteiger charge is -1.67. The van der Waals surface area contributed by atoms with Crippen LogP contribution in [0.5, 0.6) is 0 Å². The van der Waals surface area contributed by atoms with E-state index in [-0.39, 0.29) is 0 Å². The van der Waals surface area contributed by atoms with E-state index in [0.29, 0.717) is 0 Å². The summed E-state index contributed by atoms with van der Waals surface area (Å²) in [6, 6.07) is 0. The van der Waals surface area contributed by atoms with E-state index in [0.717, 1.165) is 5.57 Å². The summed E-state index contributed by atoms with van der Waals surface area (Å²) in [5.41, 5.74) is 3.90. The minimum atomic E-state index is 1.10. The molecule has 0 aromatic rings. The molecule has 0 bridgehead atoms. The van der Waals surface area contributed by atoms with Crippen LogP contribution in [0.1, 0.15) is 13.8 Å². The van der Waals surface area contributed by atoms with E-state index in [1.54, 1.807) is 7.05 Å². The number of hydrogen-bond acceptors (Lipinski definition) is 1. The Morgan fingerprint density at radius 2 is 2.00 bits per heavy atom. The predicted molar refractivity (Wildman–Crippen MR) is 31.7 cm³/mol. The maximum Gasteiger partial charge on any atom is 0.0379 e. The van der Waals surface area contributed by atoms with Gasteiger partial charge >= 0.3 is 0 Å². The van der Waals surface area contributed by atoms with E-state index in [1.807, 2.05) is 13.8 Å². The molecule has 1 heteroatoms. The van der Waals surface area contributed by atoms with Crippen LogP contribution in [0.2, 0.25) is 0 Å². The zero-order valence-electron chi connectivity index (χ0n) is 4.95. The lowest BCUT2D eigenvalue weighted by molar-refractivity contribution is 1.41. The van der Waals surface area contributed by atoms with Gasteiger partial charge in [0.15, 0.2) is 0 Å². The van der Waals surface area contributed by atoms with Gasteiger partial charge in [0.1, 0.15) is 0 Å². The molecule has 0 fully saturated rings. The summed E-state index contributed by atoms with van der Waals surface area (Å²) in [4.78, 5) is 3.59. The standard InChI is InChI=1S/C6H9N/c1-6(2)4-5-7-3/h1-3H3. The average molecular weight is 95.1 g/mol.